The van der Waals surface area contributed by atoms with E-state index >= 15 is 0 Å². The molecule has 0 bridgehead atoms. The average molecular weight is 434 g/mol. The molecule has 3 heterocycles. The number of methoxy groups -OCH3 is 1. The highest BCUT2D eigenvalue weighted by Gasteiger charge is 2.18. The van der Waals surface area contributed by atoms with Crippen LogP contribution in [0, 0.1) is 6.92 Å². The van der Waals surface area contributed by atoms with Gasteiger partial charge in [-0.05, 0) is 55.2 Å². The molecule has 0 atom stereocenters. The van der Waals surface area contributed by atoms with E-state index in [9.17, 15) is 9.59 Å². The predicted octanol–water partition coefficient (Wildman–Crippen LogP) is 3.59. The third kappa shape index (κ3) is 5.06. The van der Waals surface area contributed by atoms with Gasteiger partial charge in [0.2, 0.25) is 5.91 Å². The zero-order chi connectivity index (χ0) is 22.5. The second kappa shape index (κ2) is 9.78. The highest BCUT2D eigenvalue weighted by Crippen LogP contribution is 2.31. The number of aromatic nitrogens is 1. The van der Waals surface area contributed by atoms with Gasteiger partial charge >= 0.3 is 0 Å². The van der Waals surface area contributed by atoms with E-state index in [2.05, 4.69) is 29.4 Å². The van der Waals surface area contributed by atoms with Crippen molar-refractivity contribution in [3.8, 4) is 5.75 Å². The first-order valence-electron chi connectivity index (χ1n) is 10.7. The molecule has 7 heteroatoms. The summed E-state index contributed by atoms with van der Waals surface area (Å²) in [6, 6.07) is 8.05. The molecule has 2 aliphatic rings. The van der Waals surface area contributed by atoms with E-state index in [0.717, 1.165) is 35.3 Å². The molecule has 1 N–H and O–H groups in total. The van der Waals surface area contributed by atoms with Crippen LogP contribution in [0.5, 0.6) is 5.75 Å². The van der Waals surface area contributed by atoms with Crippen molar-refractivity contribution >= 4 is 29.3 Å². The van der Waals surface area contributed by atoms with Crippen LogP contribution < -0.4 is 10.1 Å². The van der Waals surface area contributed by atoms with Gasteiger partial charge < -0.3 is 19.7 Å². The Labute approximate surface area is 187 Å². The lowest BCUT2D eigenvalue weighted by atomic mass is 9.99. The molecule has 166 valence electrons. The molecule has 0 saturated heterocycles. The quantitative estimate of drug-likeness (QED) is 0.746. The summed E-state index contributed by atoms with van der Waals surface area (Å²) in [5.41, 5.74) is 5.07. The van der Waals surface area contributed by atoms with Crippen molar-refractivity contribution in [2.24, 2.45) is 0 Å². The van der Waals surface area contributed by atoms with Crippen molar-refractivity contribution in [1.29, 1.82) is 0 Å². The molecule has 0 saturated carbocycles. The monoisotopic (exact) mass is 433 g/mol. The van der Waals surface area contributed by atoms with Crippen LogP contribution in [0.25, 0.3) is 11.6 Å². The second-order valence-corrected chi connectivity index (χ2v) is 7.95. The third-order valence-electron chi connectivity index (χ3n) is 5.61. The Morgan fingerprint density at radius 2 is 2.12 bits per heavy atom. The van der Waals surface area contributed by atoms with Gasteiger partial charge in [0.15, 0.2) is 0 Å². The first-order chi connectivity index (χ1) is 15.5. The SMILES string of the molecule is COc1ccc(C)cc1C1=CCCN(C(=O)C=Cc2cnc3c(c2)COCC(=O)N3)CC1. The van der Waals surface area contributed by atoms with Crippen LogP contribution in [0.3, 0.4) is 0 Å². The van der Waals surface area contributed by atoms with E-state index < -0.39 is 0 Å². The number of carbonyl (C=O) groups is 2. The number of fused-ring (bicyclic) bond motifs is 1. The fraction of sp³-hybridized carbons (Fsp3) is 0.320. The Kier molecular flexibility index (Phi) is 6.66. The number of hydrogen-bond acceptors (Lipinski definition) is 5. The highest BCUT2D eigenvalue weighted by atomic mass is 16.5. The summed E-state index contributed by atoms with van der Waals surface area (Å²) < 4.78 is 10.9. The van der Waals surface area contributed by atoms with Gasteiger partial charge in [-0.25, -0.2) is 4.98 Å². The van der Waals surface area contributed by atoms with Gasteiger partial charge in [0.1, 0.15) is 18.2 Å². The van der Waals surface area contributed by atoms with Crippen molar-refractivity contribution in [2.75, 3.05) is 32.1 Å². The summed E-state index contributed by atoms with van der Waals surface area (Å²) in [4.78, 5) is 30.5. The number of hydrogen-bond donors (Lipinski definition) is 1. The van der Waals surface area contributed by atoms with Crippen molar-refractivity contribution in [3.05, 3.63) is 64.9 Å². The molecule has 32 heavy (non-hydrogen) atoms. The maximum absolute atomic E-state index is 12.8. The Balaban J connectivity index is 1.41. The Morgan fingerprint density at radius 1 is 1.25 bits per heavy atom. The van der Waals surface area contributed by atoms with Crippen LogP contribution in [0.4, 0.5) is 5.82 Å². The zero-order valence-corrected chi connectivity index (χ0v) is 18.4. The molecule has 1 aromatic carbocycles. The number of rotatable bonds is 4. The first kappa shape index (κ1) is 21.8. The molecular weight excluding hydrogens is 406 g/mol. The number of carbonyl (C=O) groups excluding carboxylic acids is 2. The number of benzene rings is 1. The smallest absolute Gasteiger partial charge is 0.251 e. The van der Waals surface area contributed by atoms with E-state index in [1.54, 1.807) is 25.5 Å². The van der Waals surface area contributed by atoms with Crippen molar-refractivity contribution in [2.45, 2.75) is 26.4 Å². The number of aryl methyl sites for hydroxylation is 1. The number of nitrogens with zero attached hydrogens (tertiary/aromatic N) is 2. The molecule has 0 spiro atoms. The maximum atomic E-state index is 12.8. The van der Waals surface area contributed by atoms with Crippen molar-refractivity contribution < 1.29 is 19.1 Å². The lowest BCUT2D eigenvalue weighted by molar-refractivity contribution is -0.125. The lowest BCUT2D eigenvalue weighted by Crippen LogP contribution is -2.30. The van der Waals surface area contributed by atoms with Gasteiger partial charge in [-0.15, -0.1) is 0 Å². The van der Waals surface area contributed by atoms with Gasteiger partial charge in [-0.2, -0.15) is 0 Å². The topological polar surface area (TPSA) is 80.8 Å². The number of anilines is 1. The summed E-state index contributed by atoms with van der Waals surface area (Å²) in [5, 5.41) is 2.71. The number of amides is 2. The third-order valence-corrected chi connectivity index (χ3v) is 5.61. The van der Waals surface area contributed by atoms with Crippen LogP contribution >= 0.6 is 0 Å². The van der Waals surface area contributed by atoms with Crippen LogP contribution in [-0.4, -0.2) is 48.5 Å². The largest absolute Gasteiger partial charge is 0.496 e. The van der Waals surface area contributed by atoms with Gasteiger partial charge in [-0.1, -0.05) is 17.7 Å². The Morgan fingerprint density at radius 3 is 2.97 bits per heavy atom. The van der Waals surface area contributed by atoms with E-state index in [4.69, 9.17) is 9.47 Å². The standard InChI is InChI=1S/C25H27N3O4/c1-17-5-7-22(31-2)21(12-17)19-4-3-10-28(11-9-19)24(30)8-6-18-13-20-15-32-16-23(29)27-25(20)26-14-18/h4-8,12-14H,3,9-11,15-16H2,1-2H3,(H,26,27,29). The minimum absolute atomic E-state index is 0.0133. The number of ether oxygens (including phenoxy) is 2. The van der Waals surface area contributed by atoms with Crippen molar-refractivity contribution in [1.82, 2.24) is 9.88 Å². The van der Waals surface area contributed by atoms with Crippen molar-refractivity contribution in [3.63, 3.8) is 0 Å². The normalized spacial score (nSPS) is 16.6. The molecule has 4 rings (SSSR count). The molecule has 2 amide bonds. The fourth-order valence-corrected chi connectivity index (χ4v) is 3.94. The summed E-state index contributed by atoms with van der Waals surface area (Å²) in [5.74, 6) is 1.12. The molecule has 0 fully saturated rings. The molecule has 1 aromatic heterocycles. The molecular formula is C25H27N3O4. The van der Waals surface area contributed by atoms with Crippen LogP contribution in [0.15, 0.2) is 42.6 Å². The van der Waals surface area contributed by atoms with Crippen LogP contribution in [-0.2, 0) is 20.9 Å². The van der Waals surface area contributed by atoms with Gasteiger partial charge in [0.05, 0.1) is 13.7 Å². The summed E-state index contributed by atoms with van der Waals surface area (Å²) >= 11 is 0. The van der Waals surface area contributed by atoms with E-state index in [1.165, 1.54) is 11.1 Å². The lowest BCUT2D eigenvalue weighted by Gasteiger charge is -2.19. The fourth-order valence-electron chi connectivity index (χ4n) is 3.94. The predicted molar refractivity (Wildman–Crippen MR) is 123 cm³/mol. The first-order valence-corrected chi connectivity index (χ1v) is 10.7. The van der Waals surface area contributed by atoms with Gasteiger partial charge in [0, 0.05) is 36.5 Å². The average Bonchev–Trinajstić information content (AvgIpc) is 3.15. The Bertz CT molecular complexity index is 1090. The Hall–Kier alpha value is -3.45. The molecule has 0 radical (unpaired) electrons. The van der Waals surface area contributed by atoms with E-state index in [0.29, 0.717) is 25.5 Å². The van der Waals surface area contributed by atoms with Crippen LogP contribution in [0.1, 0.15) is 35.1 Å². The highest BCUT2D eigenvalue weighted by molar-refractivity contribution is 5.93. The number of pyridine rings is 1. The molecule has 2 aliphatic heterocycles. The zero-order valence-electron chi connectivity index (χ0n) is 18.4. The van der Waals surface area contributed by atoms with Crippen LogP contribution in [0.2, 0.25) is 0 Å². The van der Waals surface area contributed by atoms with Gasteiger partial charge in [-0.3, -0.25) is 9.59 Å². The molecule has 7 nitrogen and oxygen atoms in total. The van der Waals surface area contributed by atoms with Gasteiger partial charge in [0.25, 0.3) is 5.91 Å². The minimum Gasteiger partial charge on any atom is -0.496 e. The summed E-state index contributed by atoms with van der Waals surface area (Å²) in [6.45, 7) is 3.70. The summed E-state index contributed by atoms with van der Waals surface area (Å²) in [6.07, 6.45) is 8.75. The second-order valence-electron chi connectivity index (χ2n) is 7.95. The minimum atomic E-state index is -0.216. The summed E-state index contributed by atoms with van der Waals surface area (Å²) in [7, 11) is 1.68. The molecule has 0 unspecified atom stereocenters. The van der Waals surface area contributed by atoms with E-state index in [-0.39, 0.29) is 18.4 Å². The number of nitrogens with one attached hydrogen (secondary N) is 1. The molecule has 2 aromatic rings. The molecule has 0 aliphatic carbocycles. The van der Waals surface area contributed by atoms with E-state index in [1.807, 2.05) is 23.1 Å². The maximum Gasteiger partial charge on any atom is 0.251 e.